The average Bonchev–Trinajstić information content (AvgIpc) is 2.37. The fourth-order valence-corrected chi connectivity index (χ4v) is 2.50. The zero-order chi connectivity index (χ0) is 14.8. The third kappa shape index (κ3) is 3.96. The molecule has 0 radical (unpaired) electrons. The van der Waals surface area contributed by atoms with Crippen LogP contribution in [0.4, 0.5) is 13.2 Å². The predicted molar refractivity (Wildman–Crippen MR) is 71.4 cm³/mol. The third-order valence-corrected chi connectivity index (χ3v) is 3.36. The second kappa shape index (κ2) is 6.14. The molecule has 2 rings (SSSR count). The van der Waals surface area contributed by atoms with Crippen molar-refractivity contribution >= 4 is 0 Å². The number of halogens is 3. The lowest BCUT2D eigenvalue weighted by atomic mass is 10.0. The quantitative estimate of drug-likeness (QED) is 0.840. The Morgan fingerprint density at radius 1 is 1.35 bits per heavy atom. The Bertz CT molecular complexity index is 445. The Morgan fingerprint density at radius 3 is 2.75 bits per heavy atom. The smallest absolute Gasteiger partial charge is 0.371 e. The third-order valence-electron chi connectivity index (χ3n) is 3.36. The van der Waals surface area contributed by atoms with Crippen molar-refractivity contribution in [1.29, 1.82) is 0 Å². The van der Waals surface area contributed by atoms with Crippen molar-refractivity contribution in [3.8, 4) is 0 Å². The maximum Gasteiger partial charge on any atom is 0.416 e. The van der Waals surface area contributed by atoms with Crippen molar-refractivity contribution < 1.29 is 17.9 Å². The molecule has 1 unspecified atom stereocenters. The van der Waals surface area contributed by atoms with Crippen LogP contribution < -0.4 is 0 Å². The summed E-state index contributed by atoms with van der Waals surface area (Å²) in [6, 6.07) is 5.45. The number of hydrogen-bond donors (Lipinski definition) is 0. The fraction of sp³-hybridized carbons (Fsp3) is 0.600. The van der Waals surface area contributed by atoms with E-state index in [9.17, 15) is 13.2 Å². The molecule has 0 N–H and O–H groups in total. The van der Waals surface area contributed by atoms with E-state index in [1.165, 1.54) is 12.1 Å². The van der Waals surface area contributed by atoms with Crippen LogP contribution in [0.1, 0.15) is 31.1 Å². The fourth-order valence-electron chi connectivity index (χ4n) is 2.50. The molecule has 1 heterocycles. The Hall–Kier alpha value is -1.07. The van der Waals surface area contributed by atoms with Crippen LogP contribution in [0.15, 0.2) is 24.3 Å². The van der Waals surface area contributed by atoms with Gasteiger partial charge in [-0.2, -0.15) is 13.2 Å². The van der Waals surface area contributed by atoms with Crippen LogP contribution in [0.25, 0.3) is 0 Å². The standard InChI is InChI=1S/C15H20F3NO/c1-11(2)9-19-6-7-20-14(10-19)12-4-3-5-13(8-12)15(16,17)18/h3-5,8,11,14H,6-7,9-10H2,1-2H3. The van der Waals surface area contributed by atoms with Gasteiger partial charge in [-0.05, 0) is 23.6 Å². The van der Waals surface area contributed by atoms with Gasteiger partial charge in [0, 0.05) is 19.6 Å². The molecule has 1 fully saturated rings. The summed E-state index contributed by atoms with van der Waals surface area (Å²) in [6.07, 6.45) is -4.58. The van der Waals surface area contributed by atoms with Crippen molar-refractivity contribution in [2.45, 2.75) is 26.1 Å². The van der Waals surface area contributed by atoms with E-state index in [4.69, 9.17) is 4.74 Å². The first-order valence-corrected chi connectivity index (χ1v) is 6.87. The second-order valence-electron chi connectivity index (χ2n) is 5.64. The van der Waals surface area contributed by atoms with E-state index >= 15 is 0 Å². The molecule has 0 aromatic heterocycles. The van der Waals surface area contributed by atoms with Gasteiger partial charge in [-0.1, -0.05) is 26.0 Å². The number of ether oxygens (including phenoxy) is 1. The van der Waals surface area contributed by atoms with Gasteiger partial charge >= 0.3 is 6.18 Å². The first-order chi connectivity index (χ1) is 9.36. The molecule has 0 spiro atoms. The monoisotopic (exact) mass is 287 g/mol. The van der Waals surface area contributed by atoms with Crippen LogP contribution in [0.5, 0.6) is 0 Å². The van der Waals surface area contributed by atoms with Crippen LogP contribution >= 0.6 is 0 Å². The van der Waals surface area contributed by atoms with Crippen molar-refractivity contribution in [2.75, 3.05) is 26.2 Å². The molecule has 0 amide bonds. The molecule has 1 aromatic rings. The number of benzene rings is 1. The first-order valence-electron chi connectivity index (χ1n) is 6.87. The van der Waals surface area contributed by atoms with E-state index in [2.05, 4.69) is 18.7 Å². The molecule has 20 heavy (non-hydrogen) atoms. The van der Waals surface area contributed by atoms with Gasteiger partial charge in [0.15, 0.2) is 0 Å². The lowest BCUT2D eigenvalue weighted by Crippen LogP contribution is -2.40. The van der Waals surface area contributed by atoms with E-state index in [1.54, 1.807) is 6.07 Å². The molecule has 1 aromatic carbocycles. The highest BCUT2D eigenvalue weighted by Crippen LogP contribution is 2.32. The Labute approximate surface area is 117 Å². The number of alkyl halides is 3. The summed E-state index contributed by atoms with van der Waals surface area (Å²) in [4.78, 5) is 2.25. The van der Waals surface area contributed by atoms with Crippen LogP contribution in [0, 0.1) is 5.92 Å². The minimum Gasteiger partial charge on any atom is -0.371 e. The van der Waals surface area contributed by atoms with Gasteiger partial charge in [-0.15, -0.1) is 0 Å². The maximum atomic E-state index is 12.7. The Morgan fingerprint density at radius 2 is 2.10 bits per heavy atom. The average molecular weight is 287 g/mol. The second-order valence-corrected chi connectivity index (χ2v) is 5.64. The number of hydrogen-bond acceptors (Lipinski definition) is 2. The van der Waals surface area contributed by atoms with E-state index < -0.39 is 11.7 Å². The first kappa shape index (κ1) is 15.3. The van der Waals surface area contributed by atoms with Crippen LogP contribution in [0.2, 0.25) is 0 Å². The zero-order valence-corrected chi connectivity index (χ0v) is 11.8. The van der Waals surface area contributed by atoms with Gasteiger partial charge in [-0.25, -0.2) is 0 Å². The van der Waals surface area contributed by atoms with Crippen molar-refractivity contribution in [1.82, 2.24) is 4.90 Å². The molecule has 1 aliphatic rings. The minimum atomic E-state index is -4.30. The van der Waals surface area contributed by atoms with Gasteiger partial charge in [0.1, 0.15) is 0 Å². The highest BCUT2D eigenvalue weighted by Gasteiger charge is 2.31. The summed E-state index contributed by atoms with van der Waals surface area (Å²) in [5, 5.41) is 0. The summed E-state index contributed by atoms with van der Waals surface area (Å²) in [7, 11) is 0. The topological polar surface area (TPSA) is 12.5 Å². The predicted octanol–water partition coefficient (Wildman–Crippen LogP) is 3.73. The summed E-state index contributed by atoms with van der Waals surface area (Å²) < 4.78 is 43.8. The van der Waals surface area contributed by atoms with Gasteiger partial charge in [-0.3, -0.25) is 4.90 Å². The van der Waals surface area contributed by atoms with Crippen LogP contribution in [-0.2, 0) is 10.9 Å². The molecule has 1 atom stereocenters. The van der Waals surface area contributed by atoms with Gasteiger partial charge in [0.05, 0.1) is 18.3 Å². The summed E-state index contributed by atoms with van der Waals surface area (Å²) in [6.45, 7) is 7.27. The molecule has 0 saturated carbocycles. The molecule has 2 nitrogen and oxygen atoms in total. The van der Waals surface area contributed by atoms with Crippen LogP contribution in [0.3, 0.4) is 0 Å². The van der Waals surface area contributed by atoms with E-state index in [1.807, 2.05) is 0 Å². The molecule has 1 aliphatic heterocycles. The van der Waals surface area contributed by atoms with Gasteiger partial charge < -0.3 is 4.74 Å². The highest BCUT2D eigenvalue weighted by atomic mass is 19.4. The highest BCUT2D eigenvalue weighted by molar-refractivity contribution is 5.27. The lowest BCUT2D eigenvalue weighted by Gasteiger charge is -2.34. The Kier molecular flexibility index (Phi) is 4.70. The lowest BCUT2D eigenvalue weighted by molar-refractivity contribution is -0.137. The molecule has 5 heteroatoms. The molecular weight excluding hydrogens is 267 g/mol. The molecule has 112 valence electrons. The SMILES string of the molecule is CC(C)CN1CCOC(c2cccc(C(F)(F)F)c2)C1. The van der Waals surface area contributed by atoms with Gasteiger partial charge in [0.25, 0.3) is 0 Å². The molecule has 0 aliphatic carbocycles. The molecule has 0 bridgehead atoms. The number of morpholine rings is 1. The molecular formula is C15H20F3NO. The van der Waals surface area contributed by atoms with E-state index in [0.717, 1.165) is 19.2 Å². The Balaban J connectivity index is 2.11. The largest absolute Gasteiger partial charge is 0.416 e. The van der Waals surface area contributed by atoms with E-state index in [0.29, 0.717) is 24.6 Å². The summed E-state index contributed by atoms with van der Waals surface area (Å²) in [5.74, 6) is 0.537. The van der Waals surface area contributed by atoms with E-state index in [-0.39, 0.29) is 6.10 Å². The van der Waals surface area contributed by atoms with Crippen molar-refractivity contribution in [2.24, 2.45) is 5.92 Å². The summed E-state index contributed by atoms with van der Waals surface area (Å²) in [5.41, 5.74) is -0.00661. The van der Waals surface area contributed by atoms with Crippen molar-refractivity contribution in [3.63, 3.8) is 0 Å². The molecule has 1 saturated heterocycles. The van der Waals surface area contributed by atoms with Gasteiger partial charge in [0.2, 0.25) is 0 Å². The van der Waals surface area contributed by atoms with Crippen LogP contribution in [-0.4, -0.2) is 31.1 Å². The zero-order valence-electron chi connectivity index (χ0n) is 11.8. The minimum absolute atomic E-state index is 0.273. The summed E-state index contributed by atoms with van der Waals surface area (Å²) >= 11 is 0. The normalized spacial score (nSPS) is 21.4. The number of nitrogens with zero attached hydrogens (tertiary/aromatic N) is 1. The number of rotatable bonds is 3. The maximum absolute atomic E-state index is 12.7. The van der Waals surface area contributed by atoms with Crippen molar-refractivity contribution in [3.05, 3.63) is 35.4 Å².